The molecule has 0 aliphatic carbocycles. The number of hydrogen-bond acceptors (Lipinski definition) is 3. The van der Waals surface area contributed by atoms with Gasteiger partial charge in [-0.15, -0.1) is 0 Å². The van der Waals surface area contributed by atoms with Crippen LogP contribution in [0.25, 0.3) is 0 Å². The first-order chi connectivity index (χ1) is 5.52. The summed E-state index contributed by atoms with van der Waals surface area (Å²) in [5.74, 6) is 0. The molecule has 2 atom stereocenters. The lowest BCUT2D eigenvalue weighted by Crippen LogP contribution is -2.20. The lowest BCUT2D eigenvalue weighted by Gasteiger charge is -2.07. The molecule has 0 saturated heterocycles. The predicted octanol–water partition coefficient (Wildman–Crippen LogP) is 1.35. The number of hydrogen-bond donors (Lipinski definition) is 1. The first kappa shape index (κ1) is 12.0. The van der Waals surface area contributed by atoms with E-state index in [1.54, 1.807) is 0 Å². The van der Waals surface area contributed by atoms with Crippen LogP contribution >= 0.6 is 0 Å². The molecule has 3 nitrogen and oxygen atoms in total. The molecule has 0 spiro atoms. The van der Waals surface area contributed by atoms with Crippen LogP contribution in [-0.2, 0) is 24.8 Å². The van der Waals surface area contributed by atoms with Gasteiger partial charge >= 0.3 is 0 Å². The summed E-state index contributed by atoms with van der Waals surface area (Å²) in [5, 5.41) is -0.862. The van der Waals surface area contributed by atoms with E-state index < -0.39 is 14.0 Å². The molecule has 0 aromatic rings. The third-order valence-corrected chi connectivity index (χ3v) is 3.48. The van der Waals surface area contributed by atoms with E-state index in [4.69, 9.17) is 4.55 Å². The van der Waals surface area contributed by atoms with Gasteiger partial charge in [0.2, 0.25) is 0 Å². The minimum Gasteiger partial charge on any atom is -0.305 e. The van der Waals surface area contributed by atoms with Crippen molar-refractivity contribution in [3.05, 3.63) is 0 Å². The van der Waals surface area contributed by atoms with Crippen molar-refractivity contribution in [2.24, 2.45) is 0 Å². The Balaban J connectivity index is 3.94. The Kier molecular flexibility index (Phi) is 5.61. The Hall–Kier alpha value is -0.0000000000000000555. The van der Waals surface area contributed by atoms with Crippen molar-refractivity contribution >= 4 is 26.2 Å². The molecule has 12 heavy (non-hydrogen) atoms. The quantitative estimate of drug-likeness (QED) is 0.531. The van der Waals surface area contributed by atoms with Gasteiger partial charge in [-0.2, -0.15) is 0 Å². The third kappa shape index (κ3) is 4.79. The van der Waals surface area contributed by atoms with E-state index in [2.05, 4.69) is 11.2 Å². The van der Waals surface area contributed by atoms with Gasteiger partial charge in [0, 0.05) is 11.2 Å². The van der Waals surface area contributed by atoms with E-state index in [1.165, 1.54) is 0 Å². The van der Waals surface area contributed by atoms with E-state index in [0.717, 1.165) is 19.3 Å². The maximum Gasteiger partial charge on any atom is 0.151 e. The number of carbonyl (C=O) groups excluding carboxylic acids is 1. The van der Waals surface area contributed by atoms with Crippen molar-refractivity contribution in [2.45, 2.75) is 37.9 Å². The lowest BCUT2D eigenvalue weighted by atomic mass is 10.2. The van der Waals surface area contributed by atoms with E-state index in [0.29, 0.717) is 12.7 Å². The maximum absolute atomic E-state index is 10.9. The van der Waals surface area contributed by atoms with Crippen molar-refractivity contribution in [2.75, 3.05) is 0 Å². The van der Waals surface area contributed by atoms with Crippen LogP contribution in [0.5, 0.6) is 0 Å². The average Bonchev–Trinajstić information content (AvgIpc) is 1.95. The molecule has 0 heterocycles. The second kappa shape index (κ2) is 5.61. The highest BCUT2D eigenvalue weighted by atomic mass is 32.8. The number of unbranched alkanes of at least 4 members (excludes halogenated alkanes) is 2. The molecule has 0 bridgehead atoms. The summed E-state index contributed by atoms with van der Waals surface area (Å²) in [6, 6.07) is 0. The van der Waals surface area contributed by atoms with Crippen LogP contribution in [-0.4, -0.2) is 20.3 Å². The minimum atomic E-state index is -3.33. The van der Waals surface area contributed by atoms with Crippen LogP contribution in [0.3, 0.4) is 0 Å². The molecule has 2 unspecified atom stereocenters. The van der Waals surface area contributed by atoms with Crippen molar-refractivity contribution in [1.29, 1.82) is 0 Å². The molecule has 0 radical (unpaired) electrons. The topological polar surface area (TPSA) is 54.4 Å². The summed E-state index contributed by atoms with van der Waals surface area (Å²) in [7, 11) is -3.33. The number of aldehydes is 1. The second-order valence-electron chi connectivity index (χ2n) is 2.69. The molecule has 0 saturated carbocycles. The Labute approximate surface area is 78.0 Å². The molecular weight excluding hydrogens is 196 g/mol. The van der Waals surface area contributed by atoms with Gasteiger partial charge in [-0.1, -0.05) is 26.2 Å². The fourth-order valence-corrected chi connectivity index (χ4v) is 1.91. The summed E-state index contributed by atoms with van der Waals surface area (Å²) in [6.07, 6.45) is 3.69. The molecule has 0 rings (SSSR count). The standard InChI is InChI=1S/C7H14O3S2/c1-2-3-4-5-7(6-8)12(9,10)11/h6-7H,2-5H2,1H3,(H,9,10,11). The Morgan fingerprint density at radius 2 is 2.17 bits per heavy atom. The predicted molar refractivity (Wildman–Crippen MR) is 52.1 cm³/mol. The van der Waals surface area contributed by atoms with Gasteiger partial charge in [0.25, 0.3) is 0 Å². The number of carbonyl (C=O) groups is 1. The van der Waals surface area contributed by atoms with E-state index in [1.807, 2.05) is 6.92 Å². The molecule has 0 amide bonds. The maximum atomic E-state index is 10.9. The summed E-state index contributed by atoms with van der Waals surface area (Å²) in [6.45, 7) is 2.03. The smallest absolute Gasteiger partial charge is 0.151 e. The fraction of sp³-hybridized carbons (Fsp3) is 0.857. The first-order valence-electron chi connectivity index (χ1n) is 3.94. The summed E-state index contributed by atoms with van der Waals surface area (Å²) in [5.41, 5.74) is 0. The van der Waals surface area contributed by atoms with Crippen LogP contribution < -0.4 is 0 Å². The van der Waals surface area contributed by atoms with E-state index in [-0.39, 0.29) is 0 Å². The molecule has 0 fully saturated rings. The van der Waals surface area contributed by atoms with Gasteiger partial charge in [0.1, 0.15) is 11.5 Å². The highest BCUT2D eigenvalue weighted by molar-refractivity contribution is 8.30. The minimum absolute atomic E-state index is 0.427. The SMILES string of the molecule is CCCCCC(C=O)S(=O)(O)=S. The van der Waals surface area contributed by atoms with Crippen molar-refractivity contribution in [3.63, 3.8) is 0 Å². The van der Waals surface area contributed by atoms with Crippen molar-refractivity contribution in [3.8, 4) is 0 Å². The largest absolute Gasteiger partial charge is 0.305 e. The van der Waals surface area contributed by atoms with Gasteiger partial charge < -0.3 is 9.35 Å². The van der Waals surface area contributed by atoms with E-state index >= 15 is 0 Å². The Morgan fingerprint density at radius 1 is 1.58 bits per heavy atom. The molecular formula is C7H14O3S2. The van der Waals surface area contributed by atoms with Crippen molar-refractivity contribution in [1.82, 2.24) is 0 Å². The van der Waals surface area contributed by atoms with Crippen LogP contribution in [0, 0.1) is 0 Å². The van der Waals surface area contributed by atoms with Gasteiger partial charge in [-0.3, -0.25) is 0 Å². The molecule has 0 aromatic heterocycles. The van der Waals surface area contributed by atoms with Crippen LogP contribution in [0.4, 0.5) is 0 Å². The molecule has 0 aliphatic rings. The molecule has 72 valence electrons. The van der Waals surface area contributed by atoms with Gasteiger partial charge in [-0.25, -0.2) is 4.21 Å². The van der Waals surface area contributed by atoms with Crippen molar-refractivity contribution < 1.29 is 13.6 Å². The summed E-state index contributed by atoms with van der Waals surface area (Å²) >= 11 is 4.31. The van der Waals surface area contributed by atoms with Crippen LogP contribution in [0.1, 0.15) is 32.6 Å². The molecule has 1 N–H and O–H groups in total. The second-order valence-corrected chi connectivity index (χ2v) is 5.75. The van der Waals surface area contributed by atoms with E-state index in [9.17, 15) is 9.00 Å². The fourth-order valence-electron chi connectivity index (χ4n) is 0.883. The van der Waals surface area contributed by atoms with Gasteiger partial charge in [0.15, 0.2) is 8.77 Å². The first-order valence-corrected chi connectivity index (χ1v) is 6.44. The highest BCUT2D eigenvalue weighted by Gasteiger charge is 2.17. The monoisotopic (exact) mass is 210 g/mol. The Morgan fingerprint density at radius 3 is 2.50 bits per heavy atom. The zero-order valence-corrected chi connectivity index (χ0v) is 8.70. The lowest BCUT2D eigenvalue weighted by molar-refractivity contribution is -0.107. The Bertz CT molecular complexity index is 221. The average molecular weight is 210 g/mol. The number of rotatable bonds is 6. The molecule has 0 aliphatic heterocycles. The zero-order chi connectivity index (χ0) is 9.61. The zero-order valence-electron chi connectivity index (χ0n) is 7.06. The normalized spacial score (nSPS) is 18.2. The third-order valence-electron chi connectivity index (χ3n) is 1.63. The van der Waals surface area contributed by atoms with Crippen LogP contribution in [0.2, 0.25) is 0 Å². The summed E-state index contributed by atoms with van der Waals surface area (Å²) in [4.78, 5) is 10.3. The summed E-state index contributed by atoms with van der Waals surface area (Å²) < 4.78 is 19.7. The highest BCUT2D eigenvalue weighted by Crippen LogP contribution is 2.08. The molecule has 0 aromatic carbocycles. The van der Waals surface area contributed by atoms with Crippen LogP contribution in [0.15, 0.2) is 0 Å². The molecule has 5 heteroatoms. The van der Waals surface area contributed by atoms with Gasteiger partial charge in [-0.05, 0) is 6.42 Å². The van der Waals surface area contributed by atoms with Gasteiger partial charge in [0.05, 0.1) is 0 Å².